The minimum Gasteiger partial charge on any atom is -0.508 e. The number of aromatic hydroxyl groups is 1. The number of nitrogens with one attached hydrogen (secondary N) is 3. The number of para-hydroxylation sites is 1. The minimum absolute atomic E-state index is 0.0892. The molecule has 0 bridgehead atoms. The minimum atomic E-state index is -1.11. The van der Waals surface area contributed by atoms with Crippen LogP contribution in [0.1, 0.15) is 11.1 Å². The quantitative estimate of drug-likeness (QED) is 0.309. The van der Waals surface area contributed by atoms with Crippen LogP contribution in [0.2, 0.25) is 0 Å². The zero-order valence-corrected chi connectivity index (χ0v) is 14.9. The Bertz CT molecular complexity index is 967. The predicted molar refractivity (Wildman–Crippen MR) is 103 cm³/mol. The van der Waals surface area contributed by atoms with Gasteiger partial charge in [-0.25, -0.2) is 10.9 Å². The molecule has 0 spiro atoms. The molecule has 3 rings (SSSR count). The zero-order valence-electron chi connectivity index (χ0n) is 14.9. The molecule has 0 fully saturated rings. The first-order valence-electron chi connectivity index (χ1n) is 8.73. The van der Waals surface area contributed by atoms with Crippen molar-refractivity contribution in [2.45, 2.75) is 24.9 Å². The van der Waals surface area contributed by atoms with E-state index in [1.54, 1.807) is 18.3 Å². The summed E-state index contributed by atoms with van der Waals surface area (Å²) in [5.41, 5.74) is 7.69. The van der Waals surface area contributed by atoms with E-state index in [2.05, 4.69) is 15.8 Å². The molecule has 0 unspecified atom stereocenters. The van der Waals surface area contributed by atoms with Crippen molar-refractivity contribution >= 4 is 22.8 Å². The highest BCUT2D eigenvalue weighted by Crippen LogP contribution is 2.19. The molecule has 28 heavy (non-hydrogen) atoms. The maximum atomic E-state index is 11.7. The van der Waals surface area contributed by atoms with Crippen molar-refractivity contribution < 1.29 is 24.9 Å². The van der Waals surface area contributed by atoms with Crippen molar-refractivity contribution in [2.24, 2.45) is 0 Å². The Morgan fingerprint density at radius 1 is 0.893 bits per heavy atom. The van der Waals surface area contributed by atoms with Crippen LogP contribution in [-0.2, 0) is 22.4 Å². The molecule has 0 aliphatic rings. The number of aromatic amines is 1. The SMILES string of the molecule is O=C(O)[C@H](Cc1ccc(O)cc1)NN[C@@H](Cc1c[nH]c2ccccc12)C(=O)O. The van der Waals surface area contributed by atoms with Crippen molar-refractivity contribution in [1.29, 1.82) is 0 Å². The van der Waals surface area contributed by atoms with Gasteiger partial charge >= 0.3 is 11.9 Å². The fourth-order valence-electron chi connectivity index (χ4n) is 2.99. The molecule has 0 amide bonds. The van der Waals surface area contributed by atoms with Gasteiger partial charge < -0.3 is 20.3 Å². The largest absolute Gasteiger partial charge is 0.508 e. The first kappa shape index (κ1) is 19.4. The summed E-state index contributed by atoms with van der Waals surface area (Å²) < 4.78 is 0. The number of aromatic nitrogens is 1. The Morgan fingerprint density at radius 3 is 2.14 bits per heavy atom. The Labute approximate surface area is 160 Å². The number of hydrogen-bond acceptors (Lipinski definition) is 5. The van der Waals surface area contributed by atoms with Gasteiger partial charge in [-0.1, -0.05) is 30.3 Å². The van der Waals surface area contributed by atoms with Gasteiger partial charge in [-0.05, 0) is 35.7 Å². The van der Waals surface area contributed by atoms with Gasteiger partial charge in [0.05, 0.1) is 0 Å². The Morgan fingerprint density at radius 2 is 1.50 bits per heavy atom. The third kappa shape index (κ3) is 4.67. The number of carboxylic acid groups (broad SMARTS) is 2. The summed E-state index contributed by atoms with van der Waals surface area (Å²) in [5.74, 6) is -2.12. The second-order valence-corrected chi connectivity index (χ2v) is 6.50. The van der Waals surface area contributed by atoms with Crippen molar-refractivity contribution in [3.8, 4) is 5.75 Å². The first-order valence-corrected chi connectivity index (χ1v) is 8.73. The summed E-state index contributed by atoms with van der Waals surface area (Å²) in [4.78, 5) is 26.3. The van der Waals surface area contributed by atoms with Crippen molar-refractivity contribution in [3.63, 3.8) is 0 Å². The molecule has 0 radical (unpaired) electrons. The van der Waals surface area contributed by atoms with Crippen LogP contribution >= 0.6 is 0 Å². The van der Waals surface area contributed by atoms with E-state index in [1.807, 2.05) is 24.3 Å². The van der Waals surface area contributed by atoms with Gasteiger partial charge in [-0.15, -0.1) is 0 Å². The molecule has 0 aliphatic heterocycles. The van der Waals surface area contributed by atoms with E-state index in [0.717, 1.165) is 16.5 Å². The summed E-state index contributed by atoms with van der Waals surface area (Å²) in [6.07, 6.45) is 2.06. The molecule has 0 saturated carbocycles. The number of benzene rings is 2. The lowest BCUT2D eigenvalue weighted by Crippen LogP contribution is -2.53. The molecule has 0 saturated heterocycles. The number of phenolic OH excluding ortho intramolecular Hbond substituents is 1. The number of carboxylic acids is 2. The number of hydrazine groups is 1. The topological polar surface area (TPSA) is 135 Å². The van der Waals surface area contributed by atoms with Crippen LogP contribution in [0.15, 0.2) is 54.7 Å². The lowest BCUT2D eigenvalue weighted by atomic mass is 10.0. The number of phenols is 1. The Hall–Kier alpha value is -3.36. The highest BCUT2D eigenvalue weighted by atomic mass is 16.4. The van der Waals surface area contributed by atoms with Gasteiger partial charge in [-0.3, -0.25) is 9.59 Å². The molecule has 8 nitrogen and oxygen atoms in total. The van der Waals surface area contributed by atoms with Crippen LogP contribution in [0.3, 0.4) is 0 Å². The summed E-state index contributed by atoms with van der Waals surface area (Å²) in [7, 11) is 0. The summed E-state index contributed by atoms with van der Waals surface area (Å²) in [6, 6.07) is 11.7. The molecular formula is C20H21N3O5. The maximum Gasteiger partial charge on any atom is 0.322 e. The standard InChI is InChI=1S/C20H21N3O5/c24-14-7-5-12(6-8-14)9-17(19(25)26)22-23-18(20(27)28)10-13-11-21-16-4-2-1-3-15(13)16/h1-8,11,17-18,21-24H,9-10H2,(H,25,26)(H,27,28)/t17-,18-/m0/s1. The smallest absolute Gasteiger partial charge is 0.322 e. The summed E-state index contributed by atoms with van der Waals surface area (Å²) >= 11 is 0. The van der Waals surface area contributed by atoms with E-state index < -0.39 is 24.0 Å². The summed E-state index contributed by atoms with van der Waals surface area (Å²) in [6.45, 7) is 0. The number of H-pyrrole nitrogens is 1. The van der Waals surface area contributed by atoms with Gasteiger partial charge in [0.15, 0.2) is 0 Å². The molecule has 146 valence electrons. The van der Waals surface area contributed by atoms with Crippen molar-refractivity contribution in [2.75, 3.05) is 0 Å². The van der Waals surface area contributed by atoms with Crippen LogP contribution < -0.4 is 10.9 Å². The fourth-order valence-corrected chi connectivity index (χ4v) is 2.99. The maximum absolute atomic E-state index is 11.7. The number of rotatable bonds is 9. The van der Waals surface area contributed by atoms with Gasteiger partial charge in [0, 0.05) is 23.5 Å². The molecule has 3 aromatic rings. The highest BCUT2D eigenvalue weighted by Gasteiger charge is 2.23. The normalized spacial score (nSPS) is 13.3. The van der Waals surface area contributed by atoms with Crippen LogP contribution in [-0.4, -0.2) is 44.3 Å². The van der Waals surface area contributed by atoms with E-state index in [9.17, 15) is 24.9 Å². The zero-order chi connectivity index (χ0) is 20.1. The van der Waals surface area contributed by atoms with Gasteiger partial charge in [0.1, 0.15) is 17.8 Å². The number of carbonyl (C=O) groups is 2. The van der Waals surface area contributed by atoms with Crippen molar-refractivity contribution in [3.05, 3.63) is 65.9 Å². The first-order chi connectivity index (χ1) is 13.4. The van der Waals surface area contributed by atoms with E-state index in [-0.39, 0.29) is 18.6 Å². The lowest BCUT2D eigenvalue weighted by Gasteiger charge is -2.20. The van der Waals surface area contributed by atoms with Gasteiger partial charge in [0.25, 0.3) is 0 Å². The number of fused-ring (bicyclic) bond motifs is 1. The molecule has 1 heterocycles. The monoisotopic (exact) mass is 383 g/mol. The van der Waals surface area contributed by atoms with Crippen molar-refractivity contribution in [1.82, 2.24) is 15.8 Å². The number of hydrogen-bond donors (Lipinski definition) is 6. The van der Waals surface area contributed by atoms with Crippen LogP contribution in [0.25, 0.3) is 10.9 Å². The fraction of sp³-hybridized carbons (Fsp3) is 0.200. The molecule has 2 aromatic carbocycles. The molecule has 8 heteroatoms. The Kier molecular flexibility index (Phi) is 5.93. The highest BCUT2D eigenvalue weighted by molar-refractivity contribution is 5.84. The molecule has 6 N–H and O–H groups in total. The van der Waals surface area contributed by atoms with E-state index in [0.29, 0.717) is 5.56 Å². The van der Waals surface area contributed by atoms with E-state index >= 15 is 0 Å². The molecule has 2 atom stereocenters. The summed E-state index contributed by atoms with van der Waals surface area (Å²) in [5, 5.41) is 29.2. The second kappa shape index (κ2) is 8.55. The third-order valence-electron chi connectivity index (χ3n) is 4.50. The van der Waals surface area contributed by atoms with Crippen LogP contribution in [0.4, 0.5) is 0 Å². The predicted octanol–water partition coefficient (Wildman–Crippen LogP) is 1.66. The third-order valence-corrected chi connectivity index (χ3v) is 4.50. The van der Waals surface area contributed by atoms with Crippen LogP contribution in [0.5, 0.6) is 5.75 Å². The van der Waals surface area contributed by atoms with Gasteiger partial charge in [-0.2, -0.15) is 0 Å². The average Bonchev–Trinajstić information content (AvgIpc) is 3.08. The molecule has 0 aliphatic carbocycles. The number of aliphatic carboxylic acids is 2. The van der Waals surface area contributed by atoms with E-state index in [4.69, 9.17) is 0 Å². The Balaban J connectivity index is 1.67. The molecule has 1 aromatic heterocycles. The second-order valence-electron chi connectivity index (χ2n) is 6.50. The van der Waals surface area contributed by atoms with Crippen LogP contribution in [0, 0.1) is 0 Å². The van der Waals surface area contributed by atoms with Gasteiger partial charge in [0.2, 0.25) is 0 Å². The van der Waals surface area contributed by atoms with E-state index in [1.165, 1.54) is 12.1 Å². The lowest BCUT2D eigenvalue weighted by molar-refractivity contribution is -0.143. The average molecular weight is 383 g/mol. The molecular weight excluding hydrogens is 362 g/mol.